The number of nitrogens with zero attached hydrogens (tertiary/aromatic N) is 2. The van der Waals surface area contributed by atoms with Crippen LogP contribution in [0.25, 0.3) is 0 Å². The van der Waals surface area contributed by atoms with Crippen LogP contribution in [-0.4, -0.2) is 16.5 Å². The second kappa shape index (κ2) is 5.79. The van der Waals surface area contributed by atoms with Crippen molar-refractivity contribution in [3.63, 3.8) is 0 Å². The Bertz CT molecular complexity index is 662. The van der Waals surface area contributed by atoms with Crippen LogP contribution in [0.1, 0.15) is 23.0 Å². The minimum absolute atomic E-state index is 0.149. The second-order valence-corrected chi connectivity index (χ2v) is 3.92. The van der Waals surface area contributed by atoms with Crippen LogP contribution in [0.2, 0.25) is 0 Å². The van der Waals surface area contributed by atoms with Gasteiger partial charge < -0.3 is 4.42 Å². The zero-order valence-corrected chi connectivity index (χ0v) is 10.6. The highest BCUT2D eigenvalue weighted by Crippen LogP contribution is 2.12. The summed E-state index contributed by atoms with van der Waals surface area (Å²) in [4.78, 5) is 21.9. The lowest BCUT2D eigenvalue weighted by atomic mass is 10.2. The first-order valence-corrected chi connectivity index (χ1v) is 5.71. The van der Waals surface area contributed by atoms with Crippen molar-refractivity contribution in [2.45, 2.75) is 6.92 Å². The molecule has 102 valence electrons. The average Bonchev–Trinajstić information content (AvgIpc) is 2.98. The van der Waals surface area contributed by atoms with E-state index in [1.54, 1.807) is 19.1 Å². The molecular formula is C13H11N3O4. The lowest BCUT2D eigenvalue weighted by Gasteiger charge is -2.01. The van der Waals surface area contributed by atoms with Crippen molar-refractivity contribution in [2.24, 2.45) is 5.10 Å². The Morgan fingerprint density at radius 3 is 2.80 bits per heavy atom. The van der Waals surface area contributed by atoms with E-state index in [0.29, 0.717) is 11.5 Å². The van der Waals surface area contributed by atoms with E-state index in [1.165, 1.54) is 30.5 Å². The number of rotatable bonds is 4. The normalized spacial score (nSPS) is 11.2. The van der Waals surface area contributed by atoms with E-state index in [4.69, 9.17) is 4.42 Å². The largest absolute Gasteiger partial charge is 0.463 e. The summed E-state index contributed by atoms with van der Waals surface area (Å²) in [6, 6.07) is 8.83. The molecule has 0 fully saturated rings. The summed E-state index contributed by atoms with van der Waals surface area (Å²) in [6.45, 7) is 1.67. The van der Waals surface area contributed by atoms with E-state index < -0.39 is 10.8 Å². The molecule has 0 bridgehead atoms. The van der Waals surface area contributed by atoms with Gasteiger partial charge in [-0.15, -0.1) is 0 Å². The first kappa shape index (κ1) is 13.5. The molecule has 1 aromatic carbocycles. The zero-order valence-electron chi connectivity index (χ0n) is 10.6. The number of furan rings is 1. The molecule has 0 saturated carbocycles. The summed E-state index contributed by atoms with van der Waals surface area (Å²) in [5, 5.41) is 14.5. The van der Waals surface area contributed by atoms with Crippen LogP contribution in [0.15, 0.2) is 52.2 Å². The molecule has 7 nitrogen and oxygen atoms in total. The highest BCUT2D eigenvalue weighted by molar-refractivity contribution is 5.99. The number of hydrogen-bond donors (Lipinski definition) is 1. The molecule has 0 saturated heterocycles. The van der Waals surface area contributed by atoms with Gasteiger partial charge in [-0.3, -0.25) is 14.9 Å². The van der Waals surface area contributed by atoms with Crippen LogP contribution in [-0.2, 0) is 0 Å². The molecule has 0 atom stereocenters. The summed E-state index contributed by atoms with van der Waals surface area (Å²) in [6.07, 6.45) is 1.50. The number of amides is 1. The minimum Gasteiger partial charge on any atom is -0.463 e. The SMILES string of the molecule is C/C(=N\NC(=O)c1cccc([N+](=O)[O-])c1)c1ccco1. The number of hydrogen-bond acceptors (Lipinski definition) is 5. The monoisotopic (exact) mass is 273 g/mol. The molecular weight excluding hydrogens is 262 g/mol. The summed E-state index contributed by atoms with van der Waals surface area (Å²) in [5.74, 6) is 0.00366. The molecule has 7 heteroatoms. The van der Waals surface area contributed by atoms with Crippen molar-refractivity contribution in [3.05, 3.63) is 64.1 Å². The lowest BCUT2D eigenvalue weighted by molar-refractivity contribution is -0.384. The first-order chi connectivity index (χ1) is 9.58. The Balaban J connectivity index is 2.11. The fourth-order valence-corrected chi connectivity index (χ4v) is 1.50. The maximum atomic E-state index is 11.8. The van der Waals surface area contributed by atoms with Crippen LogP contribution in [0.4, 0.5) is 5.69 Å². The highest BCUT2D eigenvalue weighted by atomic mass is 16.6. The number of non-ortho nitro benzene ring substituents is 1. The molecule has 0 aliphatic rings. The molecule has 1 amide bonds. The molecule has 2 rings (SSSR count). The Morgan fingerprint density at radius 2 is 2.15 bits per heavy atom. The molecule has 2 aromatic rings. The van der Waals surface area contributed by atoms with Crippen LogP contribution in [0, 0.1) is 10.1 Å². The average molecular weight is 273 g/mol. The second-order valence-electron chi connectivity index (χ2n) is 3.92. The van der Waals surface area contributed by atoms with E-state index >= 15 is 0 Å². The predicted molar refractivity (Wildman–Crippen MR) is 71.5 cm³/mol. The summed E-state index contributed by atoms with van der Waals surface area (Å²) >= 11 is 0. The van der Waals surface area contributed by atoms with Gasteiger partial charge in [-0.2, -0.15) is 5.10 Å². The maximum Gasteiger partial charge on any atom is 0.271 e. The summed E-state index contributed by atoms with van der Waals surface area (Å²) in [5.41, 5.74) is 2.83. The Morgan fingerprint density at radius 1 is 1.35 bits per heavy atom. The molecule has 20 heavy (non-hydrogen) atoms. The molecule has 1 aromatic heterocycles. The molecule has 0 radical (unpaired) electrons. The minimum atomic E-state index is -0.561. The molecule has 1 N–H and O–H groups in total. The smallest absolute Gasteiger partial charge is 0.271 e. The van der Waals surface area contributed by atoms with Crippen molar-refractivity contribution < 1.29 is 14.1 Å². The van der Waals surface area contributed by atoms with Crippen molar-refractivity contribution in [2.75, 3.05) is 0 Å². The van der Waals surface area contributed by atoms with Gasteiger partial charge in [0, 0.05) is 17.7 Å². The fraction of sp³-hybridized carbons (Fsp3) is 0.0769. The fourth-order valence-electron chi connectivity index (χ4n) is 1.50. The maximum absolute atomic E-state index is 11.8. The van der Waals surface area contributed by atoms with Gasteiger partial charge in [0.2, 0.25) is 0 Å². The number of hydrazone groups is 1. The summed E-state index contributed by atoms with van der Waals surface area (Å²) in [7, 11) is 0. The van der Waals surface area contributed by atoms with E-state index in [9.17, 15) is 14.9 Å². The predicted octanol–water partition coefficient (Wildman–Crippen LogP) is 2.34. The molecule has 0 spiro atoms. The molecule has 0 aliphatic heterocycles. The number of carbonyl (C=O) groups is 1. The van der Waals surface area contributed by atoms with Gasteiger partial charge >= 0.3 is 0 Å². The third-order valence-corrected chi connectivity index (χ3v) is 2.52. The standard InChI is InChI=1S/C13H11N3O4/c1-9(12-6-3-7-20-12)14-15-13(17)10-4-2-5-11(8-10)16(18)19/h2-8H,1H3,(H,15,17)/b14-9+. The quantitative estimate of drug-likeness (QED) is 0.525. The molecule has 0 unspecified atom stereocenters. The Labute approximate surface area is 114 Å². The van der Waals surface area contributed by atoms with Gasteiger partial charge in [0.25, 0.3) is 11.6 Å². The third-order valence-electron chi connectivity index (χ3n) is 2.52. The summed E-state index contributed by atoms with van der Waals surface area (Å²) < 4.78 is 5.11. The number of benzene rings is 1. The van der Waals surface area contributed by atoms with Gasteiger partial charge in [-0.05, 0) is 25.1 Å². The topological polar surface area (TPSA) is 97.7 Å². The van der Waals surface area contributed by atoms with Gasteiger partial charge in [0.15, 0.2) is 0 Å². The molecule has 0 aliphatic carbocycles. The van der Waals surface area contributed by atoms with E-state index in [-0.39, 0.29) is 11.3 Å². The lowest BCUT2D eigenvalue weighted by Crippen LogP contribution is -2.19. The number of nitro benzene ring substituents is 1. The van der Waals surface area contributed by atoms with Crippen LogP contribution in [0.3, 0.4) is 0 Å². The van der Waals surface area contributed by atoms with Crippen molar-refractivity contribution in [1.29, 1.82) is 0 Å². The van der Waals surface area contributed by atoms with Gasteiger partial charge in [0.1, 0.15) is 11.5 Å². The van der Waals surface area contributed by atoms with Crippen LogP contribution < -0.4 is 5.43 Å². The Kier molecular flexibility index (Phi) is 3.90. The van der Waals surface area contributed by atoms with Crippen molar-refractivity contribution in [1.82, 2.24) is 5.43 Å². The van der Waals surface area contributed by atoms with Gasteiger partial charge in [0.05, 0.1) is 11.2 Å². The van der Waals surface area contributed by atoms with Gasteiger partial charge in [-0.1, -0.05) is 6.07 Å². The van der Waals surface area contributed by atoms with E-state index in [2.05, 4.69) is 10.5 Å². The van der Waals surface area contributed by atoms with E-state index in [0.717, 1.165) is 0 Å². The number of nitro groups is 1. The Hall–Kier alpha value is -2.96. The van der Waals surface area contributed by atoms with Crippen molar-refractivity contribution in [3.8, 4) is 0 Å². The van der Waals surface area contributed by atoms with Crippen molar-refractivity contribution >= 4 is 17.3 Å². The van der Waals surface area contributed by atoms with Gasteiger partial charge in [-0.25, -0.2) is 5.43 Å². The van der Waals surface area contributed by atoms with E-state index in [1.807, 2.05) is 0 Å². The van der Waals surface area contributed by atoms with Crippen LogP contribution in [0.5, 0.6) is 0 Å². The first-order valence-electron chi connectivity index (χ1n) is 5.71. The number of nitrogens with one attached hydrogen (secondary N) is 1. The molecule has 1 heterocycles. The number of carbonyl (C=O) groups excluding carboxylic acids is 1. The zero-order chi connectivity index (χ0) is 14.5. The van der Waals surface area contributed by atoms with Crippen LogP contribution >= 0.6 is 0 Å². The third kappa shape index (κ3) is 3.08. The highest BCUT2D eigenvalue weighted by Gasteiger charge is 2.11.